The standard InChI is InChI=1S/C6H9NO4/c8-5-2-1-3-11-7(5)4-6(9)10/h1-4H2,(H,9,10). The van der Waals surface area contributed by atoms with Crippen molar-refractivity contribution in [2.24, 2.45) is 0 Å². The monoisotopic (exact) mass is 159 g/mol. The maximum atomic E-state index is 10.9. The van der Waals surface area contributed by atoms with Crippen LogP contribution in [0.2, 0.25) is 0 Å². The number of nitrogens with zero attached hydrogens (tertiary/aromatic N) is 1. The number of amides is 1. The second-order valence-corrected chi connectivity index (χ2v) is 2.26. The predicted octanol–water partition coefficient (Wildman–Crippen LogP) is -0.375. The molecule has 0 unspecified atom stereocenters. The summed E-state index contributed by atoms with van der Waals surface area (Å²) in [6.45, 7) is 0.0673. The van der Waals surface area contributed by atoms with Crippen molar-refractivity contribution in [3.8, 4) is 0 Å². The third-order valence-corrected chi connectivity index (χ3v) is 1.34. The van der Waals surface area contributed by atoms with Crippen molar-refractivity contribution in [3.05, 3.63) is 0 Å². The number of rotatable bonds is 2. The van der Waals surface area contributed by atoms with Gasteiger partial charge in [-0.15, -0.1) is 0 Å². The summed E-state index contributed by atoms with van der Waals surface area (Å²) in [5, 5.41) is 9.20. The Morgan fingerprint density at radius 3 is 3.00 bits per heavy atom. The van der Waals surface area contributed by atoms with Crippen LogP contribution in [0.3, 0.4) is 0 Å². The Morgan fingerprint density at radius 1 is 1.73 bits per heavy atom. The molecule has 0 saturated carbocycles. The molecule has 1 fully saturated rings. The molecule has 1 rings (SSSR count). The van der Waals surface area contributed by atoms with E-state index in [0.717, 1.165) is 5.06 Å². The van der Waals surface area contributed by atoms with Crippen LogP contribution in [-0.2, 0) is 14.4 Å². The van der Waals surface area contributed by atoms with Gasteiger partial charge in [-0.2, -0.15) is 0 Å². The van der Waals surface area contributed by atoms with E-state index < -0.39 is 5.97 Å². The topological polar surface area (TPSA) is 66.8 Å². The van der Waals surface area contributed by atoms with E-state index in [1.54, 1.807) is 0 Å². The molecule has 1 aliphatic heterocycles. The molecule has 0 atom stereocenters. The molecule has 0 bridgehead atoms. The molecule has 0 aliphatic carbocycles. The fraction of sp³-hybridized carbons (Fsp3) is 0.667. The highest BCUT2D eigenvalue weighted by atomic mass is 16.7. The maximum absolute atomic E-state index is 10.9. The first kappa shape index (κ1) is 8.00. The normalized spacial score (nSPS) is 18.5. The lowest BCUT2D eigenvalue weighted by Crippen LogP contribution is -2.39. The van der Waals surface area contributed by atoms with Crippen LogP contribution in [0.1, 0.15) is 12.8 Å². The molecule has 62 valence electrons. The van der Waals surface area contributed by atoms with Gasteiger partial charge in [0.1, 0.15) is 6.54 Å². The lowest BCUT2D eigenvalue weighted by atomic mass is 10.3. The third-order valence-electron chi connectivity index (χ3n) is 1.34. The van der Waals surface area contributed by atoms with Crippen molar-refractivity contribution in [2.75, 3.05) is 13.2 Å². The molecule has 0 aromatic heterocycles. The number of hydroxylamine groups is 2. The van der Waals surface area contributed by atoms with Crippen LogP contribution in [0.5, 0.6) is 0 Å². The van der Waals surface area contributed by atoms with Gasteiger partial charge < -0.3 is 5.11 Å². The molecule has 0 aromatic carbocycles. The summed E-state index contributed by atoms with van der Waals surface area (Å²) < 4.78 is 0. The summed E-state index contributed by atoms with van der Waals surface area (Å²) in [6.07, 6.45) is 1.06. The first-order valence-electron chi connectivity index (χ1n) is 3.35. The van der Waals surface area contributed by atoms with Gasteiger partial charge in [-0.3, -0.25) is 14.4 Å². The molecular weight excluding hydrogens is 150 g/mol. The Hall–Kier alpha value is -1.10. The smallest absolute Gasteiger partial charge is 0.325 e. The van der Waals surface area contributed by atoms with E-state index in [1.165, 1.54) is 0 Å². The SMILES string of the molecule is O=C(O)CN1OCCCC1=O. The number of aliphatic carboxylic acids is 1. The number of hydrogen-bond acceptors (Lipinski definition) is 3. The summed E-state index contributed by atoms with van der Waals surface area (Å²) in [6, 6.07) is 0. The van der Waals surface area contributed by atoms with Crippen molar-refractivity contribution in [1.29, 1.82) is 0 Å². The van der Waals surface area contributed by atoms with Gasteiger partial charge in [0.2, 0.25) is 5.91 Å². The van der Waals surface area contributed by atoms with Crippen LogP contribution in [0, 0.1) is 0 Å². The van der Waals surface area contributed by atoms with Gasteiger partial charge in [0, 0.05) is 6.42 Å². The van der Waals surface area contributed by atoms with E-state index in [4.69, 9.17) is 9.94 Å². The zero-order valence-corrected chi connectivity index (χ0v) is 5.95. The zero-order chi connectivity index (χ0) is 8.27. The molecule has 1 amide bonds. The Bertz CT molecular complexity index is 179. The highest BCUT2D eigenvalue weighted by Crippen LogP contribution is 2.06. The molecule has 11 heavy (non-hydrogen) atoms. The molecule has 1 aliphatic rings. The lowest BCUT2D eigenvalue weighted by Gasteiger charge is -2.23. The average molecular weight is 159 g/mol. The molecule has 0 spiro atoms. The van der Waals surface area contributed by atoms with Crippen LogP contribution < -0.4 is 0 Å². The van der Waals surface area contributed by atoms with Gasteiger partial charge in [-0.05, 0) is 6.42 Å². The quantitative estimate of drug-likeness (QED) is 0.596. The molecule has 0 aromatic rings. The van der Waals surface area contributed by atoms with Gasteiger partial charge in [0.15, 0.2) is 0 Å². The lowest BCUT2D eigenvalue weighted by molar-refractivity contribution is -0.202. The first-order chi connectivity index (χ1) is 5.20. The van der Waals surface area contributed by atoms with Crippen LogP contribution >= 0.6 is 0 Å². The summed E-state index contributed by atoms with van der Waals surface area (Å²) in [7, 11) is 0. The first-order valence-corrected chi connectivity index (χ1v) is 3.35. The van der Waals surface area contributed by atoms with Crippen LogP contribution in [-0.4, -0.2) is 35.2 Å². The van der Waals surface area contributed by atoms with Gasteiger partial charge in [0.05, 0.1) is 6.61 Å². The van der Waals surface area contributed by atoms with Crippen LogP contribution in [0.15, 0.2) is 0 Å². The molecule has 5 nitrogen and oxygen atoms in total. The maximum Gasteiger partial charge on any atom is 0.325 e. The minimum Gasteiger partial charge on any atom is -0.480 e. The van der Waals surface area contributed by atoms with Gasteiger partial charge in [-0.1, -0.05) is 0 Å². The molecule has 5 heteroatoms. The van der Waals surface area contributed by atoms with Crippen LogP contribution in [0.25, 0.3) is 0 Å². The summed E-state index contributed by atoms with van der Waals surface area (Å²) in [5.74, 6) is -1.31. The van der Waals surface area contributed by atoms with Gasteiger partial charge >= 0.3 is 5.97 Å². The molecule has 1 saturated heterocycles. The van der Waals surface area contributed by atoms with Crippen molar-refractivity contribution >= 4 is 11.9 Å². The zero-order valence-electron chi connectivity index (χ0n) is 5.95. The summed E-state index contributed by atoms with van der Waals surface area (Å²) in [5.41, 5.74) is 0. The second-order valence-electron chi connectivity index (χ2n) is 2.26. The average Bonchev–Trinajstić information content (AvgIpc) is 1.93. The van der Waals surface area contributed by atoms with Crippen molar-refractivity contribution < 1.29 is 19.5 Å². The number of carbonyl (C=O) groups is 2. The number of hydrogen-bond donors (Lipinski definition) is 1. The van der Waals surface area contributed by atoms with Crippen molar-refractivity contribution in [2.45, 2.75) is 12.8 Å². The van der Waals surface area contributed by atoms with Gasteiger partial charge in [0.25, 0.3) is 0 Å². The Morgan fingerprint density at radius 2 is 2.45 bits per heavy atom. The fourth-order valence-corrected chi connectivity index (χ4v) is 0.852. The largest absolute Gasteiger partial charge is 0.480 e. The van der Waals surface area contributed by atoms with E-state index in [1.807, 2.05) is 0 Å². The number of carboxylic acid groups (broad SMARTS) is 1. The molecular formula is C6H9NO4. The van der Waals surface area contributed by atoms with Crippen molar-refractivity contribution in [3.63, 3.8) is 0 Å². The van der Waals surface area contributed by atoms with E-state index >= 15 is 0 Å². The van der Waals surface area contributed by atoms with Gasteiger partial charge in [-0.25, -0.2) is 5.06 Å². The Kier molecular flexibility index (Phi) is 2.43. The molecule has 0 radical (unpaired) electrons. The minimum atomic E-state index is -1.06. The van der Waals surface area contributed by atoms with Crippen LogP contribution in [0.4, 0.5) is 0 Å². The number of carbonyl (C=O) groups excluding carboxylic acids is 1. The Balaban J connectivity index is 2.42. The van der Waals surface area contributed by atoms with E-state index in [-0.39, 0.29) is 12.5 Å². The summed E-state index contributed by atoms with van der Waals surface area (Å²) >= 11 is 0. The minimum absolute atomic E-state index is 0.251. The second kappa shape index (κ2) is 3.34. The third kappa shape index (κ3) is 2.19. The number of carboxylic acids is 1. The van der Waals surface area contributed by atoms with E-state index in [2.05, 4.69) is 0 Å². The molecule has 1 N–H and O–H groups in total. The highest BCUT2D eigenvalue weighted by molar-refractivity contribution is 5.80. The highest BCUT2D eigenvalue weighted by Gasteiger charge is 2.20. The summed E-state index contributed by atoms with van der Waals surface area (Å²) in [4.78, 5) is 25.8. The van der Waals surface area contributed by atoms with E-state index in [9.17, 15) is 9.59 Å². The molecule has 1 heterocycles. The fourth-order valence-electron chi connectivity index (χ4n) is 0.852. The van der Waals surface area contributed by atoms with E-state index in [0.29, 0.717) is 19.4 Å². The predicted molar refractivity (Wildman–Crippen MR) is 34.5 cm³/mol. The van der Waals surface area contributed by atoms with Crippen molar-refractivity contribution in [1.82, 2.24) is 5.06 Å². The Labute approximate surface area is 63.5 Å².